The van der Waals surface area contributed by atoms with Crippen molar-refractivity contribution in [3.05, 3.63) is 60.8 Å². The van der Waals surface area contributed by atoms with Crippen LogP contribution in [0.4, 0.5) is 0 Å². The van der Waals surface area contributed by atoms with Gasteiger partial charge in [0.05, 0.1) is 27.7 Å². The highest BCUT2D eigenvalue weighted by atomic mass is 31.2. The van der Waals surface area contributed by atoms with Crippen molar-refractivity contribution in [2.24, 2.45) is 0 Å². The Morgan fingerprint density at radius 3 is 1.62 bits per heavy atom. The van der Waals surface area contributed by atoms with Crippen LogP contribution in [0.25, 0.3) is 0 Å². The molecule has 0 spiro atoms. The molecule has 0 aromatic carbocycles. The highest BCUT2D eigenvalue weighted by molar-refractivity contribution is 7.47. The molecule has 2 atom stereocenters. The number of rotatable bonds is 35. The van der Waals surface area contributed by atoms with E-state index in [0.717, 1.165) is 44.9 Å². The number of carbonyl (C=O) groups excluding carboxylic acids is 2. The van der Waals surface area contributed by atoms with E-state index in [1.807, 2.05) is 33.3 Å². The molecule has 0 saturated heterocycles. The summed E-state index contributed by atoms with van der Waals surface area (Å²) < 4.78 is 34.0. The van der Waals surface area contributed by atoms with E-state index in [1.165, 1.54) is 57.8 Å². The number of phosphoric acid groups is 1. The number of nitrogens with zero attached hydrogens (tertiary/aromatic N) is 1. The van der Waals surface area contributed by atoms with Crippen LogP contribution in [0.2, 0.25) is 0 Å². The molecular formula is C42H75NO8P+. The topological polar surface area (TPSA) is 108 Å². The van der Waals surface area contributed by atoms with Gasteiger partial charge in [-0.2, -0.15) is 0 Å². The Kier molecular flexibility index (Phi) is 33.0. The number of quaternary nitrogens is 1. The Balaban J connectivity index is 4.49. The fourth-order valence-corrected chi connectivity index (χ4v) is 5.62. The fourth-order valence-electron chi connectivity index (χ4n) is 4.88. The van der Waals surface area contributed by atoms with Gasteiger partial charge in [-0.25, -0.2) is 4.57 Å². The third-order valence-electron chi connectivity index (χ3n) is 8.06. The molecule has 0 saturated carbocycles. The summed E-state index contributed by atoms with van der Waals surface area (Å²) in [5, 5.41) is 0. The third-order valence-corrected chi connectivity index (χ3v) is 9.05. The van der Waals surface area contributed by atoms with Crippen LogP contribution in [-0.4, -0.2) is 74.9 Å². The Morgan fingerprint density at radius 1 is 0.596 bits per heavy atom. The first kappa shape index (κ1) is 49.7. The summed E-state index contributed by atoms with van der Waals surface area (Å²) in [7, 11) is 1.43. The Hall–Kier alpha value is -2.29. The summed E-state index contributed by atoms with van der Waals surface area (Å²) in [6.07, 6.45) is 40.1. The maximum Gasteiger partial charge on any atom is 0.472 e. The lowest BCUT2D eigenvalue weighted by Gasteiger charge is -2.24. The first-order valence-electron chi connectivity index (χ1n) is 20.0. The molecule has 0 aliphatic rings. The molecule has 0 fully saturated rings. The van der Waals surface area contributed by atoms with Crippen LogP contribution in [0.15, 0.2) is 60.8 Å². The zero-order valence-electron chi connectivity index (χ0n) is 33.5. The van der Waals surface area contributed by atoms with Crippen molar-refractivity contribution < 1.29 is 42.1 Å². The van der Waals surface area contributed by atoms with Crippen LogP contribution in [-0.2, 0) is 32.7 Å². The van der Waals surface area contributed by atoms with Crippen molar-refractivity contribution in [1.29, 1.82) is 0 Å². The molecule has 10 heteroatoms. The molecule has 300 valence electrons. The van der Waals surface area contributed by atoms with Gasteiger partial charge in [0.15, 0.2) is 6.10 Å². The number of hydrogen-bond donors (Lipinski definition) is 1. The van der Waals surface area contributed by atoms with E-state index < -0.39 is 32.5 Å². The van der Waals surface area contributed by atoms with Gasteiger partial charge in [0.25, 0.3) is 0 Å². The number of unbranched alkanes of at least 4 members (excludes halogenated alkanes) is 11. The number of allylic oxidation sites excluding steroid dienone is 10. The van der Waals surface area contributed by atoms with Crippen molar-refractivity contribution >= 4 is 19.8 Å². The van der Waals surface area contributed by atoms with Crippen LogP contribution >= 0.6 is 7.82 Å². The van der Waals surface area contributed by atoms with Gasteiger partial charge in [0.1, 0.15) is 19.8 Å². The number of phosphoric ester groups is 1. The van der Waals surface area contributed by atoms with Gasteiger partial charge in [-0.05, 0) is 51.4 Å². The van der Waals surface area contributed by atoms with Gasteiger partial charge in [-0.1, -0.05) is 139 Å². The van der Waals surface area contributed by atoms with Gasteiger partial charge in [-0.15, -0.1) is 0 Å². The first-order valence-corrected chi connectivity index (χ1v) is 21.5. The van der Waals surface area contributed by atoms with E-state index in [1.54, 1.807) is 0 Å². The second-order valence-corrected chi connectivity index (χ2v) is 15.8. The molecule has 0 heterocycles. The Bertz CT molecular complexity index is 1080. The highest BCUT2D eigenvalue weighted by Gasteiger charge is 2.27. The van der Waals surface area contributed by atoms with Crippen molar-refractivity contribution in [3.63, 3.8) is 0 Å². The van der Waals surface area contributed by atoms with Crippen molar-refractivity contribution in [3.8, 4) is 0 Å². The van der Waals surface area contributed by atoms with Crippen molar-refractivity contribution in [1.82, 2.24) is 0 Å². The number of carbonyl (C=O) groups is 2. The largest absolute Gasteiger partial charge is 0.472 e. The maximum absolute atomic E-state index is 12.6. The molecule has 0 rings (SSSR count). The zero-order valence-corrected chi connectivity index (χ0v) is 34.4. The summed E-state index contributed by atoms with van der Waals surface area (Å²) >= 11 is 0. The van der Waals surface area contributed by atoms with Gasteiger partial charge in [0.2, 0.25) is 0 Å². The van der Waals surface area contributed by atoms with Gasteiger partial charge < -0.3 is 18.9 Å². The smallest absolute Gasteiger partial charge is 0.462 e. The van der Waals surface area contributed by atoms with E-state index in [-0.39, 0.29) is 26.1 Å². The van der Waals surface area contributed by atoms with Crippen LogP contribution in [0, 0.1) is 0 Å². The molecule has 0 aromatic heterocycles. The molecule has 0 radical (unpaired) electrons. The molecule has 0 aromatic rings. The fraction of sp³-hybridized carbons (Fsp3) is 0.714. The molecular weight excluding hydrogens is 677 g/mol. The van der Waals surface area contributed by atoms with Crippen LogP contribution in [0.1, 0.15) is 142 Å². The minimum atomic E-state index is -4.38. The zero-order chi connectivity index (χ0) is 38.6. The third kappa shape index (κ3) is 37.5. The molecule has 0 aliphatic carbocycles. The van der Waals surface area contributed by atoms with E-state index in [2.05, 4.69) is 62.5 Å². The molecule has 0 aliphatic heterocycles. The summed E-state index contributed by atoms with van der Waals surface area (Å²) in [6.45, 7) is 4.26. The first-order chi connectivity index (χ1) is 25.0. The monoisotopic (exact) mass is 753 g/mol. The van der Waals surface area contributed by atoms with E-state index >= 15 is 0 Å². The summed E-state index contributed by atoms with van der Waals surface area (Å²) in [5.74, 6) is -0.903. The van der Waals surface area contributed by atoms with Gasteiger partial charge in [-0.3, -0.25) is 18.6 Å². The molecule has 9 nitrogen and oxygen atoms in total. The van der Waals surface area contributed by atoms with Gasteiger partial charge in [0, 0.05) is 12.8 Å². The second kappa shape index (κ2) is 34.5. The number of esters is 2. The predicted octanol–water partition coefficient (Wildman–Crippen LogP) is 10.9. The van der Waals surface area contributed by atoms with E-state index in [4.69, 9.17) is 18.5 Å². The number of hydrogen-bond acceptors (Lipinski definition) is 7. The SMILES string of the molecule is CCCCC/C=C/C/C=C/C/C=C/C/C=C/C/C=C/CCC(=O)OC[C@@H](COP(=O)(O)OCC[N+](C)(C)C)OC(=O)CCCCCCCCCCC. The number of ether oxygens (including phenoxy) is 2. The molecule has 1 unspecified atom stereocenters. The molecule has 0 bridgehead atoms. The molecule has 0 amide bonds. The van der Waals surface area contributed by atoms with Crippen LogP contribution in [0.3, 0.4) is 0 Å². The van der Waals surface area contributed by atoms with Crippen molar-refractivity contribution in [2.75, 3.05) is 47.5 Å². The minimum absolute atomic E-state index is 0.0191. The predicted molar refractivity (Wildman–Crippen MR) is 215 cm³/mol. The minimum Gasteiger partial charge on any atom is -0.462 e. The average molecular weight is 753 g/mol. The molecule has 1 N–H and O–H groups in total. The summed E-state index contributed by atoms with van der Waals surface area (Å²) in [4.78, 5) is 35.1. The average Bonchev–Trinajstić information content (AvgIpc) is 3.09. The lowest BCUT2D eigenvalue weighted by atomic mass is 10.1. The van der Waals surface area contributed by atoms with E-state index in [9.17, 15) is 19.0 Å². The maximum atomic E-state index is 12.6. The number of likely N-dealkylation sites (N-methyl/N-ethyl adjacent to an activating group) is 1. The van der Waals surface area contributed by atoms with Crippen molar-refractivity contribution in [2.45, 2.75) is 148 Å². The van der Waals surface area contributed by atoms with E-state index in [0.29, 0.717) is 23.9 Å². The summed E-state index contributed by atoms with van der Waals surface area (Å²) in [5.41, 5.74) is 0. The lowest BCUT2D eigenvalue weighted by Crippen LogP contribution is -2.37. The normalized spacial score (nSPS) is 14.3. The van der Waals surface area contributed by atoms with Crippen LogP contribution in [0.5, 0.6) is 0 Å². The Morgan fingerprint density at radius 2 is 1.08 bits per heavy atom. The highest BCUT2D eigenvalue weighted by Crippen LogP contribution is 2.43. The quantitative estimate of drug-likeness (QED) is 0.0224. The Labute approximate surface area is 317 Å². The van der Waals surface area contributed by atoms with Crippen LogP contribution < -0.4 is 0 Å². The molecule has 52 heavy (non-hydrogen) atoms. The standard InChI is InChI=1S/C42H74NO8P/c1-6-8-10-12-14-16-17-18-19-20-21-22-23-24-25-27-28-30-32-34-41(44)48-38-40(39-50-52(46,47)49-37-36-43(3,4)5)51-42(45)35-33-31-29-26-15-13-11-9-7-2/h14,16,18-19,21-22,24-25,28,30,40H,6-13,15,17,20,23,26-27,29,31-39H2,1-5H3/p+1/b16-14+,19-18+,22-21+,25-24+,30-28+/t40-/m0/s1. The lowest BCUT2D eigenvalue weighted by molar-refractivity contribution is -0.870. The second-order valence-electron chi connectivity index (χ2n) is 14.3. The van der Waals surface area contributed by atoms with Gasteiger partial charge >= 0.3 is 19.8 Å². The summed E-state index contributed by atoms with van der Waals surface area (Å²) in [6, 6.07) is 0.